The molecule has 0 bridgehead atoms. The molecule has 30 heavy (non-hydrogen) atoms. The van der Waals surface area contributed by atoms with Gasteiger partial charge in [0, 0.05) is 5.69 Å². The molecule has 2 aromatic carbocycles. The van der Waals surface area contributed by atoms with Crippen molar-refractivity contribution in [3.63, 3.8) is 0 Å². The maximum atomic E-state index is 12.7. The van der Waals surface area contributed by atoms with E-state index in [0.29, 0.717) is 10.7 Å². The van der Waals surface area contributed by atoms with Gasteiger partial charge in [0.2, 0.25) is 0 Å². The molecule has 0 radical (unpaired) electrons. The SMILES string of the molecule is CC(C)C(C(=O)OCC(=O)Nc1ccc(Cl)c(Cl)c1)N1C(=O)c2ccccc2C1=O. The summed E-state index contributed by atoms with van der Waals surface area (Å²) in [5.74, 6) is -2.99. The van der Waals surface area contributed by atoms with Crippen molar-refractivity contribution in [2.24, 2.45) is 5.92 Å². The first-order chi connectivity index (χ1) is 14.2. The molecule has 1 aliphatic rings. The van der Waals surface area contributed by atoms with Gasteiger partial charge in [0.05, 0.1) is 21.2 Å². The number of halogens is 2. The van der Waals surface area contributed by atoms with E-state index in [2.05, 4.69) is 5.32 Å². The molecule has 0 spiro atoms. The molecule has 0 saturated carbocycles. The fraction of sp³-hybridized carbons (Fsp3) is 0.238. The Balaban J connectivity index is 1.68. The van der Waals surface area contributed by atoms with Crippen molar-refractivity contribution in [3.05, 3.63) is 63.6 Å². The van der Waals surface area contributed by atoms with E-state index in [1.54, 1.807) is 32.0 Å². The highest BCUT2D eigenvalue weighted by Gasteiger charge is 2.44. The number of hydrogen-bond acceptors (Lipinski definition) is 5. The summed E-state index contributed by atoms with van der Waals surface area (Å²) in [4.78, 5) is 51.1. The predicted molar refractivity (Wildman–Crippen MR) is 112 cm³/mol. The predicted octanol–water partition coefficient (Wildman–Crippen LogP) is 3.80. The summed E-state index contributed by atoms with van der Waals surface area (Å²) in [6.45, 7) is 2.78. The Morgan fingerprint density at radius 3 is 2.13 bits per heavy atom. The number of rotatable bonds is 6. The van der Waals surface area contributed by atoms with Crippen molar-refractivity contribution in [3.8, 4) is 0 Å². The van der Waals surface area contributed by atoms with Gasteiger partial charge in [-0.3, -0.25) is 19.3 Å². The van der Waals surface area contributed by atoms with Crippen LogP contribution in [-0.4, -0.2) is 41.2 Å². The van der Waals surface area contributed by atoms with Crippen molar-refractivity contribution >= 4 is 52.6 Å². The first kappa shape index (κ1) is 21.8. The number of nitrogens with zero attached hydrogens (tertiary/aromatic N) is 1. The van der Waals surface area contributed by atoms with Gasteiger partial charge in [0.25, 0.3) is 17.7 Å². The smallest absolute Gasteiger partial charge is 0.330 e. The fourth-order valence-electron chi connectivity index (χ4n) is 3.13. The lowest BCUT2D eigenvalue weighted by Crippen LogP contribution is -2.49. The van der Waals surface area contributed by atoms with Crippen LogP contribution in [0.5, 0.6) is 0 Å². The third kappa shape index (κ3) is 4.32. The van der Waals surface area contributed by atoms with E-state index in [4.69, 9.17) is 27.9 Å². The molecule has 156 valence electrons. The van der Waals surface area contributed by atoms with E-state index in [9.17, 15) is 19.2 Å². The van der Waals surface area contributed by atoms with Gasteiger partial charge in [-0.2, -0.15) is 0 Å². The summed E-state index contributed by atoms with van der Waals surface area (Å²) in [5.41, 5.74) is 0.850. The number of ether oxygens (including phenoxy) is 1. The topological polar surface area (TPSA) is 92.8 Å². The number of anilines is 1. The molecule has 3 rings (SSSR count). The van der Waals surface area contributed by atoms with Crippen LogP contribution in [0.2, 0.25) is 10.0 Å². The Morgan fingerprint density at radius 1 is 1.00 bits per heavy atom. The van der Waals surface area contributed by atoms with Crippen molar-refractivity contribution in [1.29, 1.82) is 0 Å². The molecule has 0 aromatic heterocycles. The highest BCUT2D eigenvalue weighted by molar-refractivity contribution is 6.42. The molecule has 7 nitrogen and oxygen atoms in total. The first-order valence-electron chi connectivity index (χ1n) is 9.09. The average Bonchev–Trinajstić information content (AvgIpc) is 2.95. The maximum Gasteiger partial charge on any atom is 0.330 e. The minimum atomic E-state index is -1.16. The second kappa shape index (κ2) is 8.85. The number of carbonyl (C=O) groups is 4. The molecule has 9 heteroatoms. The summed E-state index contributed by atoms with van der Waals surface area (Å²) in [5, 5.41) is 3.12. The number of amides is 3. The van der Waals surface area contributed by atoms with E-state index in [-0.39, 0.29) is 16.1 Å². The molecule has 1 atom stereocenters. The van der Waals surface area contributed by atoms with E-state index < -0.39 is 42.3 Å². The number of imide groups is 1. The Kier molecular flexibility index (Phi) is 6.43. The van der Waals surface area contributed by atoms with Crippen LogP contribution in [0.4, 0.5) is 5.69 Å². The molecular weight excluding hydrogens is 431 g/mol. The van der Waals surface area contributed by atoms with Crippen LogP contribution < -0.4 is 5.32 Å². The van der Waals surface area contributed by atoms with Crippen LogP contribution in [-0.2, 0) is 14.3 Å². The highest BCUT2D eigenvalue weighted by atomic mass is 35.5. The zero-order valence-electron chi connectivity index (χ0n) is 16.1. The average molecular weight is 449 g/mol. The van der Waals surface area contributed by atoms with Gasteiger partial charge in [-0.1, -0.05) is 49.2 Å². The minimum absolute atomic E-state index is 0.235. The lowest BCUT2D eigenvalue weighted by atomic mass is 10.0. The first-order valence-corrected chi connectivity index (χ1v) is 9.84. The Bertz CT molecular complexity index is 1000. The number of carbonyl (C=O) groups excluding carboxylic acids is 4. The molecule has 3 amide bonds. The van der Waals surface area contributed by atoms with E-state index in [1.165, 1.54) is 24.3 Å². The number of esters is 1. The van der Waals surface area contributed by atoms with Gasteiger partial charge in [-0.25, -0.2) is 4.79 Å². The molecule has 2 aromatic rings. The number of fused-ring (bicyclic) bond motifs is 1. The third-order valence-electron chi connectivity index (χ3n) is 4.53. The van der Waals surface area contributed by atoms with Crippen LogP contribution in [0.25, 0.3) is 0 Å². The van der Waals surface area contributed by atoms with Crippen LogP contribution in [0, 0.1) is 5.92 Å². The van der Waals surface area contributed by atoms with Gasteiger partial charge in [0.15, 0.2) is 6.61 Å². The zero-order chi connectivity index (χ0) is 22.0. The Labute approximate surface area is 182 Å². The van der Waals surface area contributed by atoms with Crippen molar-refractivity contribution in [1.82, 2.24) is 4.90 Å². The molecular formula is C21H18Cl2N2O5. The minimum Gasteiger partial charge on any atom is -0.454 e. The standard InChI is InChI=1S/C21H18Cl2N2O5/c1-11(2)18(25-19(27)13-5-3-4-6-14(13)20(25)28)21(29)30-10-17(26)24-12-7-8-15(22)16(23)9-12/h3-9,11,18H,10H2,1-2H3,(H,24,26). The van der Waals surface area contributed by atoms with Crippen molar-refractivity contribution < 1.29 is 23.9 Å². The third-order valence-corrected chi connectivity index (χ3v) is 5.26. The molecule has 0 aliphatic carbocycles. The second-order valence-corrected chi connectivity index (χ2v) is 7.81. The summed E-state index contributed by atoms with van der Waals surface area (Å²) < 4.78 is 5.11. The fourth-order valence-corrected chi connectivity index (χ4v) is 3.43. The summed E-state index contributed by atoms with van der Waals surface area (Å²) in [7, 11) is 0. The van der Waals surface area contributed by atoms with Gasteiger partial charge in [-0.15, -0.1) is 0 Å². The van der Waals surface area contributed by atoms with E-state index in [0.717, 1.165) is 4.90 Å². The van der Waals surface area contributed by atoms with Crippen LogP contribution in [0.1, 0.15) is 34.6 Å². The van der Waals surface area contributed by atoms with Crippen LogP contribution in [0.15, 0.2) is 42.5 Å². The highest BCUT2D eigenvalue weighted by Crippen LogP contribution is 2.28. The normalized spacial score (nSPS) is 14.0. The molecule has 1 aliphatic heterocycles. The Morgan fingerprint density at radius 2 is 1.60 bits per heavy atom. The lowest BCUT2D eigenvalue weighted by Gasteiger charge is -2.27. The molecule has 1 heterocycles. The monoisotopic (exact) mass is 448 g/mol. The Hall–Kier alpha value is -2.90. The number of benzene rings is 2. The summed E-state index contributed by atoms with van der Waals surface area (Å²) in [6, 6.07) is 9.71. The van der Waals surface area contributed by atoms with Gasteiger partial charge in [0.1, 0.15) is 6.04 Å². The maximum absolute atomic E-state index is 12.7. The zero-order valence-corrected chi connectivity index (χ0v) is 17.7. The van der Waals surface area contributed by atoms with Gasteiger partial charge in [-0.05, 0) is 36.2 Å². The van der Waals surface area contributed by atoms with Crippen molar-refractivity contribution in [2.45, 2.75) is 19.9 Å². The number of nitrogens with one attached hydrogen (secondary N) is 1. The van der Waals surface area contributed by atoms with Crippen LogP contribution >= 0.6 is 23.2 Å². The van der Waals surface area contributed by atoms with E-state index >= 15 is 0 Å². The van der Waals surface area contributed by atoms with Gasteiger partial charge < -0.3 is 10.1 Å². The summed E-state index contributed by atoms with van der Waals surface area (Å²) >= 11 is 11.7. The largest absolute Gasteiger partial charge is 0.454 e. The molecule has 1 unspecified atom stereocenters. The van der Waals surface area contributed by atoms with Crippen molar-refractivity contribution in [2.75, 3.05) is 11.9 Å². The quantitative estimate of drug-likeness (QED) is 0.535. The molecule has 0 fully saturated rings. The van der Waals surface area contributed by atoms with E-state index in [1.807, 2.05) is 0 Å². The second-order valence-electron chi connectivity index (χ2n) is 7.00. The molecule has 1 N–H and O–H groups in total. The number of hydrogen-bond donors (Lipinski definition) is 1. The van der Waals surface area contributed by atoms with Crippen LogP contribution in [0.3, 0.4) is 0 Å². The lowest BCUT2D eigenvalue weighted by molar-refractivity contribution is -0.152. The molecule has 0 saturated heterocycles. The van der Waals surface area contributed by atoms with Gasteiger partial charge >= 0.3 is 5.97 Å². The summed E-state index contributed by atoms with van der Waals surface area (Å²) in [6.07, 6.45) is 0.